The highest BCUT2D eigenvalue weighted by atomic mass is 16.6. The fraction of sp³-hybridized carbons (Fsp3) is 0.167. The van der Waals surface area contributed by atoms with Crippen molar-refractivity contribution in [2.24, 2.45) is 16.1 Å². The summed E-state index contributed by atoms with van der Waals surface area (Å²) in [5.74, 6) is 0.00263. The van der Waals surface area contributed by atoms with Crippen LogP contribution in [0, 0.1) is 16.0 Å². The lowest BCUT2D eigenvalue weighted by molar-refractivity contribution is -0.384. The topological polar surface area (TPSA) is 109 Å². The monoisotopic (exact) mass is 351 g/mol. The van der Waals surface area contributed by atoms with E-state index in [0.717, 1.165) is 22.5 Å². The first-order chi connectivity index (χ1) is 12.5. The summed E-state index contributed by atoms with van der Waals surface area (Å²) in [4.78, 5) is 21.5. The Bertz CT molecular complexity index is 873. The van der Waals surface area contributed by atoms with E-state index in [1.54, 1.807) is 18.3 Å². The Kier molecular flexibility index (Phi) is 5.02. The molecule has 1 unspecified atom stereocenters. The van der Waals surface area contributed by atoms with Crippen LogP contribution in [-0.2, 0) is 4.79 Å². The third kappa shape index (κ3) is 4.10. The van der Waals surface area contributed by atoms with Crippen LogP contribution >= 0.6 is 0 Å². The van der Waals surface area contributed by atoms with Crippen LogP contribution in [0.3, 0.4) is 0 Å². The molecule has 0 saturated carbocycles. The van der Waals surface area contributed by atoms with Crippen molar-refractivity contribution in [1.29, 1.82) is 0 Å². The van der Waals surface area contributed by atoms with Gasteiger partial charge in [0.2, 0.25) is 5.91 Å². The number of anilines is 1. The van der Waals surface area contributed by atoms with Gasteiger partial charge in [-0.2, -0.15) is 10.2 Å². The molecule has 1 aliphatic rings. The first kappa shape index (κ1) is 17.3. The number of rotatable bonds is 5. The third-order valence-corrected chi connectivity index (χ3v) is 3.95. The number of hydrogen-bond donors (Lipinski definition) is 2. The highest BCUT2D eigenvalue weighted by molar-refractivity contribution is 6.05. The molecule has 2 N–H and O–H groups in total. The van der Waals surface area contributed by atoms with Crippen LogP contribution in [0.4, 0.5) is 11.4 Å². The van der Waals surface area contributed by atoms with Crippen molar-refractivity contribution in [2.75, 3.05) is 5.43 Å². The number of hydrogen-bond acceptors (Lipinski definition) is 6. The predicted octanol–water partition coefficient (Wildman–Crippen LogP) is 2.90. The highest BCUT2D eigenvalue weighted by Crippen LogP contribution is 2.18. The second-order valence-corrected chi connectivity index (χ2v) is 5.93. The standard InChI is InChI=1S/C18H17N5O3/c1-12-10-17(24)21-22-18(12)14-4-6-15(7-5-14)20-19-11-13-2-8-16(9-3-13)23(25)26/h2-9,11-12,20H,10H2,1H3,(H,21,24). The van der Waals surface area contributed by atoms with Crippen LogP contribution < -0.4 is 10.9 Å². The second kappa shape index (κ2) is 7.56. The van der Waals surface area contributed by atoms with E-state index >= 15 is 0 Å². The molecule has 1 amide bonds. The van der Waals surface area contributed by atoms with Gasteiger partial charge >= 0.3 is 0 Å². The Morgan fingerprint density at radius 2 is 1.92 bits per heavy atom. The van der Waals surface area contributed by atoms with E-state index in [4.69, 9.17) is 0 Å². The minimum absolute atomic E-state index is 0.0433. The summed E-state index contributed by atoms with van der Waals surface area (Å²) < 4.78 is 0. The molecule has 1 heterocycles. The molecule has 0 saturated heterocycles. The van der Waals surface area contributed by atoms with E-state index in [2.05, 4.69) is 21.1 Å². The van der Waals surface area contributed by atoms with Gasteiger partial charge in [0, 0.05) is 24.5 Å². The van der Waals surface area contributed by atoms with Gasteiger partial charge in [0.05, 0.1) is 22.5 Å². The zero-order valence-electron chi connectivity index (χ0n) is 14.0. The van der Waals surface area contributed by atoms with Crippen LogP contribution in [0.1, 0.15) is 24.5 Å². The molecule has 0 bridgehead atoms. The molecule has 2 aromatic carbocycles. The Morgan fingerprint density at radius 3 is 2.54 bits per heavy atom. The number of hydrazone groups is 2. The minimum atomic E-state index is -0.441. The lowest BCUT2D eigenvalue weighted by atomic mass is 9.94. The molecule has 0 aromatic heterocycles. The minimum Gasteiger partial charge on any atom is -0.279 e. The number of carbonyl (C=O) groups is 1. The van der Waals surface area contributed by atoms with E-state index in [0.29, 0.717) is 6.42 Å². The summed E-state index contributed by atoms with van der Waals surface area (Å²) in [5.41, 5.74) is 8.80. The number of nitrogens with zero attached hydrogens (tertiary/aromatic N) is 3. The van der Waals surface area contributed by atoms with Gasteiger partial charge in [-0.3, -0.25) is 20.3 Å². The largest absolute Gasteiger partial charge is 0.279 e. The molecule has 0 aliphatic carbocycles. The summed E-state index contributed by atoms with van der Waals surface area (Å²) in [6.07, 6.45) is 2.01. The van der Waals surface area contributed by atoms with Gasteiger partial charge in [0.1, 0.15) is 0 Å². The summed E-state index contributed by atoms with van der Waals surface area (Å²) in [5, 5.41) is 18.9. The molecule has 132 valence electrons. The van der Waals surface area contributed by atoms with E-state index in [-0.39, 0.29) is 17.5 Å². The lowest BCUT2D eigenvalue weighted by Gasteiger charge is -2.19. The molecule has 26 heavy (non-hydrogen) atoms. The molecule has 3 rings (SSSR count). The summed E-state index contributed by atoms with van der Waals surface area (Å²) in [7, 11) is 0. The van der Waals surface area contributed by atoms with Crippen molar-refractivity contribution in [3.8, 4) is 0 Å². The normalized spacial score (nSPS) is 16.9. The van der Waals surface area contributed by atoms with Gasteiger partial charge in [-0.1, -0.05) is 19.1 Å². The average Bonchev–Trinajstić information content (AvgIpc) is 2.63. The van der Waals surface area contributed by atoms with E-state index in [9.17, 15) is 14.9 Å². The fourth-order valence-corrected chi connectivity index (χ4v) is 2.58. The van der Waals surface area contributed by atoms with E-state index in [1.165, 1.54) is 12.1 Å². The van der Waals surface area contributed by atoms with Crippen molar-refractivity contribution in [2.45, 2.75) is 13.3 Å². The van der Waals surface area contributed by atoms with Crippen molar-refractivity contribution in [3.05, 3.63) is 69.8 Å². The molecular formula is C18H17N5O3. The zero-order chi connectivity index (χ0) is 18.5. The molecule has 0 fully saturated rings. The van der Waals surface area contributed by atoms with Gasteiger partial charge < -0.3 is 0 Å². The quantitative estimate of drug-likeness (QED) is 0.490. The van der Waals surface area contributed by atoms with Gasteiger partial charge in [-0.15, -0.1) is 0 Å². The second-order valence-electron chi connectivity index (χ2n) is 5.93. The molecule has 2 aromatic rings. The number of nitro groups is 1. The average molecular weight is 351 g/mol. The Hall–Kier alpha value is -3.55. The lowest BCUT2D eigenvalue weighted by Crippen LogP contribution is -2.31. The number of nitrogens with one attached hydrogen (secondary N) is 2. The van der Waals surface area contributed by atoms with E-state index < -0.39 is 4.92 Å². The maximum Gasteiger partial charge on any atom is 0.269 e. The summed E-state index contributed by atoms with van der Waals surface area (Å²) >= 11 is 0. The maximum absolute atomic E-state index is 11.3. The van der Waals surface area contributed by atoms with Gasteiger partial charge in [-0.05, 0) is 35.4 Å². The summed E-state index contributed by atoms with van der Waals surface area (Å²) in [6, 6.07) is 13.7. The molecule has 0 spiro atoms. The predicted molar refractivity (Wildman–Crippen MR) is 99.2 cm³/mol. The molecule has 1 aliphatic heterocycles. The molecule has 0 radical (unpaired) electrons. The maximum atomic E-state index is 11.3. The summed E-state index contributed by atoms with van der Waals surface area (Å²) in [6.45, 7) is 1.97. The number of benzene rings is 2. The smallest absolute Gasteiger partial charge is 0.269 e. The molecule has 8 nitrogen and oxygen atoms in total. The van der Waals surface area contributed by atoms with Crippen LogP contribution in [0.5, 0.6) is 0 Å². The third-order valence-electron chi connectivity index (χ3n) is 3.95. The molecule has 8 heteroatoms. The van der Waals surface area contributed by atoms with Crippen molar-refractivity contribution in [1.82, 2.24) is 5.43 Å². The number of non-ortho nitro benzene ring substituents is 1. The van der Waals surface area contributed by atoms with Crippen molar-refractivity contribution in [3.63, 3.8) is 0 Å². The van der Waals surface area contributed by atoms with Crippen molar-refractivity contribution >= 4 is 29.2 Å². The number of nitro benzene ring substituents is 1. The highest BCUT2D eigenvalue weighted by Gasteiger charge is 2.21. The van der Waals surface area contributed by atoms with Crippen LogP contribution in [0.15, 0.2) is 58.7 Å². The molecular weight excluding hydrogens is 334 g/mol. The van der Waals surface area contributed by atoms with Crippen molar-refractivity contribution < 1.29 is 9.72 Å². The van der Waals surface area contributed by atoms with Crippen LogP contribution in [0.25, 0.3) is 0 Å². The SMILES string of the molecule is CC1CC(=O)NN=C1c1ccc(NN=Cc2ccc([N+](=O)[O-])cc2)cc1. The van der Waals surface area contributed by atoms with Crippen LogP contribution in [-0.4, -0.2) is 22.8 Å². The Morgan fingerprint density at radius 1 is 1.23 bits per heavy atom. The Labute approximate surface area is 149 Å². The van der Waals surface area contributed by atoms with E-state index in [1.807, 2.05) is 31.2 Å². The zero-order valence-corrected chi connectivity index (χ0v) is 14.0. The van der Waals surface area contributed by atoms with Gasteiger partial charge in [0.15, 0.2) is 0 Å². The first-order valence-electron chi connectivity index (χ1n) is 8.03. The first-order valence-corrected chi connectivity index (χ1v) is 8.03. The van der Waals surface area contributed by atoms with Gasteiger partial charge in [0.25, 0.3) is 5.69 Å². The Balaban J connectivity index is 1.62. The van der Waals surface area contributed by atoms with Gasteiger partial charge in [-0.25, -0.2) is 5.43 Å². The number of carbonyl (C=O) groups excluding carboxylic acids is 1. The van der Waals surface area contributed by atoms with Crippen LogP contribution in [0.2, 0.25) is 0 Å². The number of amides is 1. The fourth-order valence-electron chi connectivity index (χ4n) is 2.58. The molecule has 1 atom stereocenters.